The van der Waals surface area contributed by atoms with E-state index < -0.39 is 10.0 Å². The average molecular weight is 583 g/mol. The minimum atomic E-state index is -3.76. The second-order valence-corrected chi connectivity index (χ2v) is 12.2. The number of nitrogens with two attached hydrogens (primary N) is 1. The quantitative estimate of drug-likeness (QED) is 0.325. The summed E-state index contributed by atoms with van der Waals surface area (Å²) in [5, 5.41) is 1.81. The third kappa shape index (κ3) is 5.74. The van der Waals surface area contributed by atoms with Crippen LogP contribution in [0.4, 0.5) is 17.3 Å². The van der Waals surface area contributed by atoms with Crippen molar-refractivity contribution in [2.45, 2.75) is 51.0 Å². The van der Waals surface area contributed by atoms with Crippen molar-refractivity contribution in [1.29, 1.82) is 0 Å². The van der Waals surface area contributed by atoms with Crippen molar-refractivity contribution in [2.24, 2.45) is 0 Å². The number of aromatic nitrogens is 3. The van der Waals surface area contributed by atoms with E-state index in [4.69, 9.17) is 15.5 Å². The van der Waals surface area contributed by atoms with E-state index in [2.05, 4.69) is 34.1 Å². The Bertz CT molecular complexity index is 1550. The summed E-state index contributed by atoms with van der Waals surface area (Å²) in [6.45, 7) is 9.65. The van der Waals surface area contributed by atoms with E-state index in [0.29, 0.717) is 73.5 Å². The van der Waals surface area contributed by atoms with Crippen LogP contribution < -0.4 is 26.5 Å². The number of fused-ring (bicyclic) bond motifs is 1. The zero-order valence-corrected chi connectivity index (χ0v) is 24.6. The van der Waals surface area contributed by atoms with Crippen LogP contribution in [0.2, 0.25) is 0 Å². The van der Waals surface area contributed by atoms with Gasteiger partial charge in [0.1, 0.15) is 28.9 Å². The van der Waals surface area contributed by atoms with Crippen molar-refractivity contribution in [2.75, 3.05) is 55.5 Å². The van der Waals surface area contributed by atoms with Crippen LogP contribution in [0.5, 0.6) is 5.75 Å². The van der Waals surface area contributed by atoms with E-state index in [9.17, 15) is 13.2 Å². The molecule has 0 saturated carbocycles. The number of pyridine rings is 1. The first-order valence-electron chi connectivity index (χ1n) is 14.2. The number of hydrogen-bond acceptors (Lipinski definition) is 10. The molecule has 1 aromatic carbocycles. The predicted octanol–water partition coefficient (Wildman–Crippen LogP) is 3.22. The van der Waals surface area contributed by atoms with Gasteiger partial charge in [0.05, 0.1) is 28.8 Å². The summed E-state index contributed by atoms with van der Waals surface area (Å²) >= 11 is 0. The fraction of sp³-hybridized carbons (Fsp3) is 0.464. The van der Waals surface area contributed by atoms with Crippen LogP contribution >= 0.6 is 0 Å². The molecule has 0 bridgehead atoms. The molecule has 12 nitrogen and oxygen atoms in total. The standard InChI is InChI=1S/C28H38N8O4S/c1-4-8-21-25-26(33-36(21)24-10-7-9-23(29)30-24)28(37)32-27(31-25)20-18-19(11-12-22(20)40-17-5-2)41(38,39)35-15-13-34(6-3)14-16-35/h7,9-12,18,21,33H,4-6,8,13-17H2,1-3H3,(H2,29,30)(H,31,32,37). The van der Waals surface area contributed by atoms with Gasteiger partial charge in [-0.25, -0.2) is 18.4 Å². The van der Waals surface area contributed by atoms with Crippen LogP contribution in [-0.2, 0) is 10.0 Å². The first kappa shape index (κ1) is 28.8. The molecule has 0 spiro atoms. The van der Waals surface area contributed by atoms with E-state index in [1.165, 1.54) is 4.31 Å². The number of hydrogen-bond donors (Lipinski definition) is 3. The highest BCUT2D eigenvalue weighted by Crippen LogP contribution is 2.39. The number of nitrogens with one attached hydrogen (secondary N) is 2. The molecule has 2 aromatic heterocycles. The van der Waals surface area contributed by atoms with Crippen molar-refractivity contribution < 1.29 is 13.2 Å². The van der Waals surface area contributed by atoms with Gasteiger partial charge in [0.15, 0.2) is 0 Å². The van der Waals surface area contributed by atoms with E-state index >= 15 is 0 Å². The molecule has 0 radical (unpaired) electrons. The van der Waals surface area contributed by atoms with E-state index in [1.54, 1.807) is 30.3 Å². The second-order valence-electron chi connectivity index (χ2n) is 10.2. The van der Waals surface area contributed by atoms with Gasteiger partial charge in [-0.3, -0.25) is 15.2 Å². The number of piperazine rings is 1. The maximum atomic E-state index is 13.7. The largest absolute Gasteiger partial charge is 0.493 e. The summed E-state index contributed by atoms with van der Waals surface area (Å²) in [7, 11) is -3.76. The molecule has 1 fully saturated rings. The lowest BCUT2D eigenvalue weighted by molar-refractivity contribution is 0.196. The number of rotatable bonds is 10. The highest BCUT2D eigenvalue weighted by molar-refractivity contribution is 7.89. The SMILES string of the molecule is CCCOc1ccc(S(=O)(=O)N2CCN(CC)CC2)cc1-c1nc2c(c(=O)[nH]1)NN(c1cccc(N)n1)C2CCC. The fourth-order valence-corrected chi connectivity index (χ4v) is 6.69. The second kappa shape index (κ2) is 12.0. The van der Waals surface area contributed by atoms with Crippen molar-refractivity contribution in [3.8, 4) is 17.1 Å². The van der Waals surface area contributed by atoms with Gasteiger partial charge >= 0.3 is 0 Å². The Kier molecular flexibility index (Phi) is 8.47. The van der Waals surface area contributed by atoms with Crippen molar-refractivity contribution in [3.63, 3.8) is 0 Å². The van der Waals surface area contributed by atoms with Gasteiger partial charge in [0.25, 0.3) is 5.56 Å². The van der Waals surface area contributed by atoms with Crippen LogP contribution in [-0.4, -0.2) is 71.9 Å². The van der Waals surface area contributed by atoms with Crippen LogP contribution in [0, 0.1) is 0 Å². The van der Waals surface area contributed by atoms with E-state index in [1.807, 2.05) is 18.0 Å². The van der Waals surface area contributed by atoms with Crippen LogP contribution in [0.25, 0.3) is 11.4 Å². The highest BCUT2D eigenvalue weighted by Gasteiger charge is 2.35. The summed E-state index contributed by atoms with van der Waals surface area (Å²) in [5.41, 5.74) is 10.0. The lowest BCUT2D eigenvalue weighted by atomic mass is 10.1. The maximum Gasteiger partial charge on any atom is 0.276 e. The molecule has 3 aromatic rings. The smallest absolute Gasteiger partial charge is 0.276 e. The monoisotopic (exact) mass is 582 g/mol. The number of hydrazine groups is 1. The minimum absolute atomic E-state index is 0.137. The normalized spacial score (nSPS) is 17.8. The molecule has 4 heterocycles. The zero-order chi connectivity index (χ0) is 29.1. The maximum absolute atomic E-state index is 13.7. The van der Waals surface area contributed by atoms with Crippen molar-refractivity contribution in [1.82, 2.24) is 24.2 Å². The molecule has 1 atom stereocenters. The van der Waals surface area contributed by atoms with Gasteiger partial charge in [-0.1, -0.05) is 33.3 Å². The van der Waals surface area contributed by atoms with Gasteiger partial charge in [-0.05, 0) is 49.7 Å². The van der Waals surface area contributed by atoms with Crippen LogP contribution in [0.15, 0.2) is 46.1 Å². The number of H-pyrrole nitrogens is 1. The van der Waals surface area contributed by atoms with E-state index in [0.717, 1.165) is 19.4 Å². The summed E-state index contributed by atoms with van der Waals surface area (Å²) in [5.74, 6) is 1.64. The zero-order valence-electron chi connectivity index (χ0n) is 23.8. The Hall–Kier alpha value is -3.68. The molecule has 0 amide bonds. The molecule has 0 aliphatic carbocycles. The topological polar surface area (TPSA) is 150 Å². The Balaban J connectivity index is 1.57. The number of likely N-dealkylation sites (N-methyl/N-ethyl adjacent to an activating group) is 1. The lowest BCUT2D eigenvalue weighted by Gasteiger charge is -2.33. The van der Waals surface area contributed by atoms with E-state index in [-0.39, 0.29) is 22.3 Å². The number of ether oxygens (including phenoxy) is 1. The molecule has 13 heteroatoms. The molecular formula is C28H38N8O4S. The average Bonchev–Trinajstić information content (AvgIpc) is 3.35. The summed E-state index contributed by atoms with van der Waals surface area (Å²) in [6, 6.07) is 9.82. The van der Waals surface area contributed by atoms with Crippen molar-refractivity contribution in [3.05, 3.63) is 52.4 Å². The molecule has 41 heavy (non-hydrogen) atoms. The van der Waals surface area contributed by atoms with Gasteiger partial charge < -0.3 is 20.4 Å². The van der Waals surface area contributed by atoms with Gasteiger partial charge in [-0.2, -0.15) is 4.31 Å². The first-order chi connectivity index (χ1) is 19.8. The number of aromatic amines is 1. The predicted molar refractivity (Wildman–Crippen MR) is 159 cm³/mol. The summed E-state index contributed by atoms with van der Waals surface area (Å²) < 4.78 is 34.8. The molecule has 1 saturated heterocycles. The van der Waals surface area contributed by atoms with Crippen molar-refractivity contribution >= 4 is 27.3 Å². The molecule has 2 aliphatic heterocycles. The molecule has 1 unspecified atom stereocenters. The molecule has 4 N–H and O–H groups in total. The lowest BCUT2D eigenvalue weighted by Crippen LogP contribution is -2.48. The molecular weight excluding hydrogens is 544 g/mol. The van der Waals surface area contributed by atoms with Crippen LogP contribution in [0.1, 0.15) is 51.8 Å². The van der Waals surface area contributed by atoms with Gasteiger partial charge in [0.2, 0.25) is 10.0 Å². The highest BCUT2D eigenvalue weighted by atomic mass is 32.2. The van der Waals surface area contributed by atoms with Gasteiger partial charge in [0, 0.05) is 26.2 Å². The fourth-order valence-electron chi connectivity index (χ4n) is 5.25. The van der Waals surface area contributed by atoms with Gasteiger partial charge in [-0.15, -0.1) is 0 Å². The Labute approximate surface area is 240 Å². The van der Waals surface area contributed by atoms with Crippen LogP contribution in [0.3, 0.4) is 0 Å². The number of anilines is 3. The number of nitrogen functional groups attached to an aromatic ring is 1. The number of benzene rings is 1. The third-order valence-electron chi connectivity index (χ3n) is 7.46. The number of nitrogens with zero attached hydrogens (tertiary/aromatic N) is 5. The Morgan fingerprint density at radius 1 is 1.05 bits per heavy atom. The third-order valence-corrected chi connectivity index (χ3v) is 9.35. The summed E-state index contributed by atoms with van der Waals surface area (Å²) in [4.78, 5) is 28.0. The molecule has 2 aliphatic rings. The first-order valence-corrected chi connectivity index (χ1v) is 15.6. The Morgan fingerprint density at radius 3 is 2.51 bits per heavy atom. The molecule has 220 valence electrons. The number of sulfonamides is 1. The summed E-state index contributed by atoms with van der Waals surface area (Å²) in [6.07, 6.45) is 2.29. The molecule has 5 rings (SSSR count). The Morgan fingerprint density at radius 2 is 1.83 bits per heavy atom. The minimum Gasteiger partial charge on any atom is -0.493 e.